The minimum Gasteiger partial charge on any atom is -0.462 e. The number of ether oxygens (including phenoxy) is 1. The second-order valence-electron chi connectivity index (χ2n) is 5.65. The lowest BCUT2D eigenvalue weighted by Crippen LogP contribution is -2.04. The van der Waals surface area contributed by atoms with Crippen LogP contribution in [0.2, 0.25) is 0 Å². The molecule has 1 aromatic heterocycles. The molecule has 1 aliphatic carbocycles. The van der Waals surface area contributed by atoms with Crippen molar-refractivity contribution in [2.24, 2.45) is 7.05 Å². The van der Waals surface area contributed by atoms with Gasteiger partial charge < -0.3 is 9.30 Å². The van der Waals surface area contributed by atoms with E-state index in [1.54, 1.807) is 0 Å². The quantitative estimate of drug-likeness (QED) is 0.533. The van der Waals surface area contributed by atoms with E-state index in [2.05, 4.69) is 40.3 Å². The second-order valence-corrected chi connectivity index (χ2v) is 6.73. The highest BCUT2D eigenvalue weighted by Gasteiger charge is 2.19. The summed E-state index contributed by atoms with van der Waals surface area (Å²) in [5.41, 5.74) is 4.53. The summed E-state index contributed by atoms with van der Waals surface area (Å²) in [6, 6.07) is 5.84. The van der Waals surface area contributed by atoms with Crippen LogP contribution >= 0.6 is 22.6 Å². The number of carbonyl (C=O) groups is 1. The lowest BCUT2D eigenvalue weighted by Gasteiger charge is -2.14. The number of rotatable bonds is 3. The molecule has 3 nitrogen and oxygen atoms in total. The summed E-state index contributed by atoms with van der Waals surface area (Å²) in [6.07, 6.45) is 7.23. The van der Waals surface area contributed by atoms with E-state index in [-0.39, 0.29) is 5.97 Å². The van der Waals surface area contributed by atoms with E-state index in [1.165, 1.54) is 39.6 Å². The fraction of sp³-hybridized carbons (Fsp3) is 0.389. The minimum absolute atomic E-state index is 0.248. The molecule has 116 valence electrons. The molecule has 0 spiro atoms. The zero-order valence-corrected chi connectivity index (χ0v) is 15.1. The van der Waals surface area contributed by atoms with Crippen molar-refractivity contribution in [3.8, 4) is 0 Å². The van der Waals surface area contributed by atoms with Crippen LogP contribution in [0.15, 0.2) is 24.3 Å². The Morgan fingerprint density at radius 2 is 2.18 bits per heavy atom. The smallest absolute Gasteiger partial charge is 0.338 e. The first kappa shape index (κ1) is 15.6. The van der Waals surface area contributed by atoms with Crippen molar-refractivity contribution in [2.75, 3.05) is 6.61 Å². The van der Waals surface area contributed by atoms with Gasteiger partial charge in [0, 0.05) is 21.5 Å². The van der Waals surface area contributed by atoms with E-state index in [0.717, 1.165) is 11.8 Å². The van der Waals surface area contributed by atoms with Crippen LogP contribution < -0.4 is 0 Å². The average molecular weight is 409 g/mol. The summed E-state index contributed by atoms with van der Waals surface area (Å²) in [6.45, 7) is 2.23. The average Bonchev–Trinajstić information content (AvgIpc) is 2.79. The summed E-state index contributed by atoms with van der Waals surface area (Å²) in [5.74, 6) is -0.248. The van der Waals surface area contributed by atoms with Crippen LogP contribution in [0.4, 0.5) is 0 Å². The standard InChI is InChI=1S/C18H20INO2/c1-3-22-18(21)13-9-10-15-14(11-13)16(19)17(20(15)2)12-7-5-4-6-8-12/h7,9-11H,3-6,8H2,1-2H3. The highest BCUT2D eigenvalue weighted by atomic mass is 127. The molecule has 0 N–H and O–H groups in total. The molecule has 3 rings (SSSR count). The molecule has 0 unspecified atom stereocenters. The van der Waals surface area contributed by atoms with Crippen LogP contribution in [0, 0.1) is 3.57 Å². The number of carbonyl (C=O) groups excluding carboxylic acids is 1. The van der Waals surface area contributed by atoms with Gasteiger partial charge in [-0.15, -0.1) is 0 Å². The largest absolute Gasteiger partial charge is 0.462 e. The predicted molar refractivity (Wildman–Crippen MR) is 98.0 cm³/mol. The van der Waals surface area contributed by atoms with E-state index in [9.17, 15) is 4.79 Å². The predicted octanol–water partition coefficient (Wildman–Crippen LogP) is 4.92. The summed E-state index contributed by atoms with van der Waals surface area (Å²) >= 11 is 2.41. The van der Waals surface area contributed by atoms with Gasteiger partial charge in [0.2, 0.25) is 0 Å². The Morgan fingerprint density at radius 3 is 2.86 bits per heavy atom. The van der Waals surface area contributed by atoms with Gasteiger partial charge in [0.25, 0.3) is 0 Å². The molecular weight excluding hydrogens is 389 g/mol. The maximum absolute atomic E-state index is 12.0. The topological polar surface area (TPSA) is 31.2 Å². The molecule has 1 aliphatic rings. The fourth-order valence-electron chi connectivity index (χ4n) is 3.15. The van der Waals surface area contributed by atoms with Crippen molar-refractivity contribution >= 4 is 45.0 Å². The van der Waals surface area contributed by atoms with Gasteiger partial charge in [0.1, 0.15) is 0 Å². The molecule has 1 aromatic carbocycles. The van der Waals surface area contributed by atoms with Gasteiger partial charge in [0.15, 0.2) is 0 Å². The maximum atomic E-state index is 12.0. The number of allylic oxidation sites excluding steroid dienone is 2. The zero-order chi connectivity index (χ0) is 15.7. The number of aromatic nitrogens is 1. The van der Waals surface area contributed by atoms with Crippen molar-refractivity contribution in [2.45, 2.75) is 32.6 Å². The van der Waals surface area contributed by atoms with Crippen molar-refractivity contribution < 1.29 is 9.53 Å². The third-order valence-corrected chi connectivity index (χ3v) is 5.34. The normalized spacial score (nSPS) is 15.0. The third-order valence-electron chi connectivity index (χ3n) is 4.24. The van der Waals surface area contributed by atoms with Crippen molar-refractivity contribution in [1.29, 1.82) is 0 Å². The third kappa shape index (κ3) is 2.69. The number of benzene rings is 1. The Morgan fingerprint density at radius 1 is 1.36 bits per heavy atom. The first-order valence-electron chi connectivity index (χ1n) is 7.78. The molecule has 0 fully saturated rings. The van der Waals surface area contributed by atoms with E-state index in [0.29, 0.717) is 12.2 Å². The molecule has 2 aromatic rings. The minimum atomic E-state index is -0.248. The van der Waals surface area contributed by atoms with Gasteiger partial charge in [-0.1, -0.05) is 6.08 Å². The van der Waals surface area contributed by atoms with Crippen molar-refractivity contribution in [3.63, 3.8) is 0 Å². The highest BCUT2D eigenvalue weighted by Crippen LogP contribution is 2.36. The van der Waals surface area contributed by atoms with Gasteiger partial charge in [-0.2, -0.15) is 0 Å². The monoisotopic (exact) mass is 409 g/mol. The van der Waals surface area contributed by atoms with Crippen molar-refractivity contribution in [1.82, 2.24) is 4.57 Å². The molecule has 0 saturated carbocycles. The lowest BCUT2D eigenvalue weighted by molar-refractivity contribution is 0.0526. The molecule has 0 atom stereocenters. The Labute approximate surface area is 144 Å². The van der Waals surface area contributed by atoms with E-state index in [4.69, 9.17) is 4.74 Å². The van der Waals surface area contributed by atoms with Crippen LogP contribution in [0.1, 0.15) is 48.7 Å². The van der Waals surface area contributed by atoms with Gasteiger partial charge in [-0.25, -0.2) is 4.79 Å². The number of hydrogen-bond acceptors (Lipinski definition) is 2. The molecule has 4 heteroatoms. The highest BCUT2D eigenvalue weighted by molar-refractivity contribution is 14.1. The number of hydrogen-bond donors (Lipinski definition) is 0. The number of aryl methyl sites for hydroxylation is 1. The first-order chi connectivity index (χ1) is 10.6. The van der Waals surface area contributed by atoms with E-state index < -0.39 is 0 Å². The number of halogens is 1. The SMILES string of the molecule is CCOC(=O)c1ccc2c(c1)c(I)c(C1=CCCCC1)n2C. The van der Waals surface area contributed by atoms with Crippen LogP contribution in [0.25, 0.3) is 16.5 Å². The molecule has 1 heterocycles. The fourth-order valence-corrected chi connectivity index (χ4v) is 4.29. The number of nitrogens with zero attached hydrogens (tertiary/aromatic N) is 1. The van der Waals surface area contributed by atoms with Gasteiger partial charge in [-0.05, 0) is 79.0 Å². The molecule has 0 aliphatic heterocycles. The molecular formula is C18H20INO2. The van der Waals surface area contributed by atoms with Crippen molar-refractivity contribution in [3.05, 3.63) is 39.1 Å². The van der Waals surface area contributed by atoms with Gasteiger partial charge >= 0.3 is 5.97 Å². The maximum Gasteiger partial charge on any atom is 0.338 e. The van der Waals surface area contributed by atoms with Crippen LogP contribution in [-0.2, 0) is 11.8 Å². The van der Waals surface area contributed by atoms with Crippen LogP contribution in [0.5, 0.6) is 0 Å². The molecule has 0 bridgehead atoms. The van der Waals surface area contributed by atoms with E-state index >= 15 is 0 Å². The Kier molecular flexibility index (Phi) is 4.57. The lowest BCUT2D eigenvalue weighted by atomic mass is 9.97. The summed E-state index contributed by atoms with van der Waals surface area (Å²) in [5, 5.41) is 1.13. The number of esters is 1. The summed E-state index contributed by atoms with van der Waals surface area (Å²) in [7, 11) is 2.11. The summed E-state index contributed by atoms with van der Waals surface area (Å²) in [4.78, 5) is 12.0. The zero-order valence-electron chi connectivity index (χ0n) is 13.0. The van der Waals surface area contributed by atoms with Crippen LogP contribution in [0.3, 0.4) is 0 Å². The van der Waals surface area contributed by atoms with E-state index in [1.807, 2.05) is 25.1 Å². The number of fused-ring (bicyclic) bond motifs is 1. The molecule has 0 amide bonds. The molecule has 0 radical (unpaired) electrons. The second kappa shape index (κ2) is 6.44. The molecule has 22 heavy (non-hydrogen) atoms. The molecule has 0 saturated heterocycles. The first-order valence-corrected chi connectivity index (χ1v) is 8.85. The Bertz CT molecular complexity index is 758. The van der Waals surface area contributed by atoms with Gasteiger partial charge in [0.05, 0.1) is 17.9 Å². The Hall–Kier alpha value is -1.30. The Balaban J connectivity index is 2.12. The van der Waals surface area contributed by atoms with Gasteiger partial charge in [-0.3, -0.25) is 0 Å². The summed E-state index contributed by atoms with van der Waals surface area (Å²) < 4.78 is 8.59. The van der Waals surface area contributed by atoms with Crippen LogP contribution in [-0.4, -0.2) is 17.1 Å².